The van der Waals surface area contributed by atoms with Crippen molar-refractivity contribution in [3.63, 3.8) is 0 Å². The van der Waals surface area contributed by atoms with Gasteiger partial charge in [-0.05, 0) is 43.5 Å². The van der Waals surface area contributed by atoms with Crippen molar-refractivity contribution in [2.24, 2.45) is 0 Å². The third kappa shape index (κ3) is 4.66. The molecule has 28 heavy (non-hydrogen) atoms. The molecule has 148 valence electrons. The molecule has 4 rings (SSSR count). The fourth-order valence-electron chi connectivity index (χ4n) is 3.14. The summed E-state index contributed by atoms with van der Waals surface area (Å²) in [6, 6.07) is 7.41. The van der Waals surface area contributed by atoms with Gasteiger partial charge in [0.25, 0.3) is 0 Å². The zero-order valence-electron chi connectivity index (χ0n) is 15.2. The summed E-state index contributed by atoms with van der Waals surface area (Å²) in [6.45, 7) is 2.34. The van der Waals surface area contributed by atoms with Crippen LogP contribution in [0, 0.1) is 0 Å². The quantitative estimate of drug-likeness (QED) is 0.632. The molecule has 2 aromatic heterocycles. The highest BCUT2D eigenvalue weighted by Gasteiger charge is 2.18. The molecule has 0 radical (unpaired) electrons. The molecule has 0 saturated carbocycles. The minimum atomic E-state index is -3.67. The van der Waals surface area contributed by atoms with Crippen LogP contribution in [-0.2, 0) is 22.3 Å². The number of hydrogen-bond donors (Lipinski definition) is 1. The fraction of sp³-hybridized carbons (Fsp3) is 0.412. The maximum Gasteiger partial charge on any atom is 0.243 e. The number of anilines is 2. The van der Waals surface area contributed by atoms with Crippen LogP contribution in [0.25, 0.3) is 0 Å². The standard InChI is InChI=1S/C17H21N7O3S/c25-28(26,11-17-20-16(21-27-17)10-24-13-18-12-19-24)22-14-4-6-15(7-5-14)23-8-2-1-3-9-23/h4-7,12-13,22H,1-3,8-11H2. The van der Waals surface area contributed by atoms with Crippen LogP contribution in [0.15, 0.2) is 41.4 Å². The summed E-state index contributed by atoms with van der Waals surface area (Å²) in [4.78, 5) is 10.2. The fourth-order valence-corrected chi connectivity index (χ4v) is 4.15. The Bertz CT molecular complexity index is 994. The summed E-state index contributed by atoms with van der Waals surface area (Å²) >= 11 is 0. The highest BCUT2D eigenvalue weighted by Crippen LogP contribution is 2.22. The number of rotatable bonds is 7. The van der Waals surface area contributed by atoms with Crippen LogP contribution in [0.5, 0.6) is 0 Å². The molecular formula is C17H21N7O3S. The molecule has 1 saturated heterocycles. The van der Waals surface area contributed by atoms with Gasteiger partial charge in [0.15, 0.2) is 5.82 Å². The van der Waals surface area contributed by atoms with Crippen molar-refractivity contribution in [3.05, 3.63) is 48.6 Å². The van der Waals surface area contributed by atoms with E-state index in [9.17, 15) is 8.42 Å². The van der Waals surface area contributed by atoms with Crippen molar-refractivity contribution in [1.29, 1.82) is 0 Å². The second-order valence-corrected chi connectivity index (χ2v) is 8.38. The maximum atomic E-state index is 12.4. The van der Waals surface area contributed by atoms with Crippen LogP contribution in [-0.4, -0.2) is 46.4 Å². The van der Waals surface area contributed by atoms with Gasteiger partial charge in [0.2, 0.25) is 15.9 Å². The molecule has 0 spiro atoms. The van der Waals surface area contributed by atoms with E-state index in [1.807, 2.05) is 12.1 Å². The van der Waals surface area contributed by atoms with E-state index in [1.54, 1.807) is 12.1 Å². The first-order valence-electron chi connectivity index (χ1n) is 9.07. The topological polar surface area (TPSA) is 119 Å². The second-order valence-electron chi connectivity index (χ2n) is 6.65. The Morgan fingerprint density at radius 2 is 1.89 bits per heavy atom. The average Bonchev–Trinajstić information content (AvgIpc) is 3.35. The van der Waals surface area contributed by atoms with Crippen molar-refractivity contribution in [2.75, 3.05) is 22.7 Å². The highest BCUT2D eigenvalue weighted by molar-refractivity contribution is 7.91. The number of sulfonamides is 1. The van der Waals surface area contributed by atoms with Crippen LogP contribution >= 0.6 is 0 Å². The molecule has 0 atom stereocenters. The molecule has 0 aliphatic carbocycles. The lowest BCUT2D eigenvalue weighted by Crippen LogP contribution is -2.29. The van der Waals surface area contributed by atoms with Gasteiger partial charge in [0, 0.05) is 24.5 Å². The van der Waals surface area contributed by atoms with E-state index >= 15 is 0 Å². The SMILES string of the molecule is O=S(=O)(Cc1nc(Cn2cncn2)no1)Nc1ccc(N2CCCCC2)cc1. The number of benzene rings is 1. The molecule has 1 aliphatic rings. The molecular weight excluding hydrogens is 382 g/mol. The monoisotopic (exact) mass is 403 g/mol. The Morgan fingerprint density at radius 1 is 1.11 bits per heavy atom. The van der Waals surface area contributed by atoms with Crippen LogP contribution < -0.4 is 9.62 Å². The lowest BCUT2D eigenvalue weighted by Gasteiger charge is -2.28. The third-order valence-electron chi connectivity index (χ3n) is 4.46. The average molecular weight is 403 g/mol. The zero-order chi connectivity index (χ0) is 19.4. The van der Waals surface area contributed by atoms with Gasteiger partial charge in [-0.15, -0.1) is 0 Å². The molecule has 3 heterocycles. The van der Waals surface area contributed by atoms with Crippen molar-refractivity contribution in [1.82, 2.24) is 24.9 Å². The van der Waals surface area contributed by atoms with Crippen LogP contribution in [0.2, 0.25) is 0 Å². The maximum absolute atomic E-state index is 12.4. The van der Waals surface area contributed by atoms with Gasteiger partial charge >= 0.3 is 0 Å². The minimum absolute atomic E-state index is 0.0209. The van der Waals surface area contributed by atoms with E-state index in [1.165, 1.54) is 36.6 Å². The summed E-state index contributed by atoms with van der Waals surface area (Å²) in [5.41, 5.74) is 1.61. The van der Waals surface area contributed by atoms with Crippen LogP contribution in [0.4, 0.5) is 11.4 Å². The smallest absolute Gasteiger partial charge is 0.243 e. The van der Waals surface area contributed by atoms with Crippen LogP contribution in [0.1, 0.15) is 31.0 Å². The van der Waals surface area contributed by atoms with E-state index in [0.717, 1.165) is 18.8 Å². The Labute approximate surface area is 162 Å². The molecule has 11 heteroatoms. The number of aromatic nitrogens is 5. The van der Waals surface area contributed by atoms with E-state index in [0.29, 0.717) is 11.5 Å². The van der Waals surface area contributed by atoms with E-state index < -0.39 is 15.8 Å². The van der Waals surface area contributed by atoms with Crippen molar-refractivity contribution >= 4 is 21.4 Å². The Morgan fingerprint density at radius 3 is 2.61 bits per heavy atom. The number of nitrogens with one attached hydrogen (secondary N) is 1. The van der Waals surface area contributed by atoms with E-state index in [2.05, 4.69) is 29.8 Å². The molecule has 10 nitrogen and oxygen atoms in total. The first-order valence-corrected chi connectivity index (χ1v) is 10.7. The summed E-state index contributed by atoms with van der Waals surface area (Å²) in [7, 11) is -3.67. The number of hydrogen-bond acceptors (Lipinski definition) is 8. The summed E-state index contributed by atoms with van der Waals surface area (Å²) in [5.74, 6) is -0.0419. The molecule has 1 fully saturated rings. The molecule has 1 aromatic carbocycles. The predicted octanol–water partition coefficient (Wildman–Crippen LogP) is 1.64. The predicted molar refractivity (Wildman–Crippen MR) is 102 cm³/mol. The summed E-state index contributed by atoms with van der Waals surface area (Å²) in [5, 5.41) is 7.71. The molecule has 0 unspecified atom stereocenters. The van der Waals surface area contributed by atoms with Crippen LogP contribution in [0.3, 0.4) is 0 Å². The Kier molecular flexibility index (Phi) is 5.24. The van der Waals surface area contributed by atoms with Gasteiger partial charge < -0.3 is 9.42 Å². The zero-order valence-corrected chi connectivity index (χ0v) is 16.0. The van der Waals surface area contributed by atoms with Gasteiger partial charge in [-0.2, -0.15) is 10.1 Å². The normalized spacial score (nSPS) is 14.9. The molecule has 1 N–H and O–H groups in total. The second kappa shape index (κ2) is 7.97. The number of piperidine rings is 1. The lowest BCUT2D eigenvalue weighted by molar-refractivity contribution is 0.380. The Balaban J connectivity index is 1.36. The van der Waals surface area contributed by atoms with Gasteiger partial charge in [-0.25, -0.2) is 18.1 Å². The van der Waals surface area contributed by atoms with Gasteiger partial charge in [0.05, 0.1) is 0 Å². The third-order valence-corrected chi connectivity index (χ3v) is 5.63. The first-order chi connectivity index (χ1) is 13.6. The molecule has 0 bridgehead atoms. The molecule has 3 aromatic rings. The Hall–Kier alpha value is -2.95. The van der Waals surface area contributed by atoms with Gasteiger partial charge in [0.1, 0.15) is 25.0 Å². The highest BCUT2D eigenvalue weighted by atomic mass is 32.2. The van der Waals surface area contributed by atoms with Crippen molar-refractivity contribution in [2.45, 2.75) is 31.6 Å². The van der Waals surface area contributed by atoms with Crippen molar-refractivity contribution < 1.29 is 12.9 Å². The summed E-state index contributed by atoms with van der Waals surface area (Å²) in [6.07, 6.45) is 6.56. The van der Waals surface area contributed by atoms with E-state index in [4.69, 9.17) is 4.52 Å². The van der Waals surface area contributed by atoms with Gasteiger partial charge in [-0.3, -0.25) is 4.72 Å². The van der Waals surface area contributed by atoms with Gasteiger partial charge in [-0.1, -0.05) is 5.16 Å². The largest absolute Gasteiger partial charge is 0.372 e. The van der Waals surface area contributed by atoms with Crippen molar-refractivity contribution in [3.8, 4) is 0 Å². The minimum Gasteiger partial charge on any atom is -0.372 e. The molecule has 1 aliphatic heterocycles. The number of nitrogens with zero attached hydrogens (tertiary/aromatic N) is 6. The molecule has 0 amide bonds. The van der Waals surface area contributed by atoms with E-state index in [-0.39, 0.29) is 12.4 Å². The first kappa shape index (κ1) is 18.4. The lowest BCUT2D eigenvalue weighted by atomic mass is 10.1. The summed E-state index contributed by atoms with van der Waals surface area (Å²) < 4.78 is 33.9.